The smallest absolute Gasteiger partial charge is 0.195 e. The van der Waals surface area contributed by atoms with E-state index in [9.17, 15) is 18.0 Å². The van der Waals surface area contributed by atoms with Crippen molar-refractivity contribution in [3.63, 3.8) is 0 Å². The molecule has 0 amide bonds. The maximum Gasteiger partial charge on any atom is 0.195 e. The number of rotatable bonds is 5. The number of hydrogen-bond acceptors (Lipinski definition) is 5. The second-order valence-corrected chi connectivity index (χ2v) is 5.70. The van der Waals surface area contributed by atoms with E-state index in [1.165, 1.54) is 12.1 Å². The van der Waals surface area contributed by atoms with E-state index in [1.807, 2.05) is 0 Å². The molecule has 0 radical (unpaired) electrons. The van der Waals surface area contributed by atoms with Gasteiger partial charge in [0.15, 0.2) is 16.8 Å². The Hall–Kier alpha value is -3.00. The standard InChI is InChI=1S/C18H16F3N3O2/c19-10-6-9(2-3-13(10)24-5-1-4-22)15-8-14(25)16-17(23)11(20)7-12(21)18(16)26-15/h2-3,6-8,24H,1,4-5,22-23H2. The van der Waals surface area contributed by atoms with Crippen LogP contribution in [0.3, 0.4) is 0 Å². The first kappa shape index (κ1) is 17.8. The zero-order chi connectivity index (χ0) is 18.8. The van der Waals surface area contributed by atoms with Crippen molar-refractivity contribution in [2.24, 2.45) is 5.73 Å². The summed E-state index contributed by atoms with van der Waals surface area (Å²) in [6, 6.07) is 5.70. The van der Waals surface area contributed by atoms with Gasteiger partial charge in [0.05, 0.1) is 16.8 Å². The second-order valence-electron chi connectivity index (χ2n) is 5.70. The monoisotopic (exact) mass is 363 g/mol. The van der Waals surface area contributed by atoms with E-state index in [1.54, 1.807) is 0 Å². The Kier molecular flexibility index (Phi) is 4.85. The minimum Gasteiger partial charge on any atom is -0.453 e. The Bertz CT molecular complexity index is 1030. The Labute approximate surface area is 146 Å². The van der Waals surface area contributed by atoms with Crippen LogP contribution in [0.4, 0.5) is 24.5 Å². The first-order valence-electron chi connectivity index (χ1n) is 7.87. The quantitative estimate of drug-likeness (QED) is 0.478. The van der Waals surface area contributed by atoms with Crippen LogP contribution in [0.15, 0.2) is 39.5 Å². The fourth-order valence-electron chi connectivity index (χ4n) is 2.57. The largest absolute Gasteiger partial charge is 0.453 e. The van der Waals surface area contributed by atoms with E-state index in [-0.39, 0.29) is 22.4 Å². The van der Waals surface area contributed by atoms with E-state index < -0.39 is 34.2 Å². The molecule has 0 aliphatic heterocycles. The average molecular weight is 363 g/mol. The number of halogens is 3. The number of hydrogen-bond donors (Lipinski definition) is 3. The number of anilines is 2. The summed E-state index contributed by atoms with van der Waals surface area (Å²) in [4.78, 5) is 12.2. The molecule has 2 aromatic carbocycles. The molecular weight excluding hydrogens is 347 g/mol. The van der Waals surface area contributed by atoms with Gasteiger partial charge in [0, 0.05) is 24.2 Å². The van der Waals surface area contributed by atoms with Gasteiger partial charge in [0.2, 0.25) is 0 Å². The molecule has 8 heteroatoms. The summed E-state index contributed by atoms with van der Waals surface area (Å²) < 4.78 is 47.1. The van der Waals surface area contributed by atoms with Crippen LogP contribution >= 0.6 is 0 Å². The number of nitrogens with two attached hydrogens (primary N) is 2. The van der Waals surface area contributed by atoms with Gasteiger partial charge in [-0.3, -0.25) is 4.79 Å². The molecule has 0 aliphatic rings. The Balaban J connectivity index is 2.06. The maximum absolute atomic E-state index is 14.2. The highest BCUT2D eigenvalue weighted by atomic mass is 19.1. The van der Waals surface area contributed by atoms with Crippen molar-refractivity contribution in [2.45, 2.75) is 6.42 Å². The highest BCUT2D eigenvalue weighted by Crippen LogP contribution is 2.30. The Morgan fingerprint density at radius 2 is 1.81 bits per heavy atom. The van der Waals surface area contributed by atoms with Crippen LogP contribution < -0.4 is 22.2 Å². The molecule has 0 atom stereocenters. The van der Waals surface area contributed by atoms with Gasteiger partial charge >= 0.3 is 0 Å². The van der Waals surface area contributed by atoms with Crippen LogP contribution in [0.1, 0.15) is 6.42 Å². The summed E-state index contributed by atoms with van der Waals surface area (Å²) in [6.45, 7) is 0.984. The normalized spacial score (nSPS) is 11.1. The van der Waals surface area contributed by atoms with Crippen LogP contribution in [0.2, 0.25) is 0 Å². The van der Waals surface area contributed by atoms with E-state index in [4.69, 9.17) is 15.9 Å². The van der Waals surface area contributed by atoms with E-state index >= 15 is 0 Å². The molecular formula is C18H16F3N3O2. The van der Waals surface area contributed by atoms with Gasteiger partial charge in [0.25, 0.3) is 0 Å². The molecule has 136 valence electrons. The van der Waals surface area contributed by atoms with Crippen LogP contribution in [-0.2, 0) is 0 Å². The molecule has 1 aromatic heterocycles. The van der Waals surface area contributed by atoms with Crippen molar-refractivity contribution in [1.82, 2.24) is 0 Å². The summed E-state index contributed by atoms with van der Waals surface area (Å²) in [6.07, 6.45) is 0.679. The third-order valence-corrected chi connectivity index (χ3v) is 3.89. The average Bonchev–Trinajstić information content (AvgIpc) is 2.60. The van der Waals surface area contributed by atoms with Gasteiger partial charge in [-0.15, -0.1) is 0 Å². The zero-order valence-corrected chi connectivity index (χ0v) is 13.6. The summed E-state index contributed by atoms with van der Waals surface area (Å²) >= 11 is 0. The molecule has 0 aliphatic carbocycles. The lowest BCUT2D eigenvalue weighted by atomic mass is 10.1. The number of benzene rings is 2. The molecule has 0 saturated carbocycles. The van der Waals surface area contributed by atoms with Crippen LogP contribution in [0, 0.1) is 17.5 Å². The predicted octanol–water partition coefficient (Wildman–Crippen LogP) is 3.22. The Morgan fingerprint density at radius 1 is 1.04 bits per heavy atom. The fraction of sp³-hybridized carbons (Fsp3) is 0.167. The van der Waals surface area contributed by atoms with Gasteiger partial charge in [0.1, 0.15) is 17.4 Å². The van der Waals surface area contributed by atoms with E-state index in [0.717, 1.165) is 12.1 Å². The summed E-state index contributed by atoms with van der Waals surface area (Å²) in [7, 11) is 0. The lowest BCUT2D eigenvalue weighted by Gasteiger charge is -2.10. The number of nitrogens with one attached hydrogen (secondary N) is 1. The van der Waals surface area contributed by atoms with Crippen molar-refractivity contribution in [3.05, 3.63) is 58.0 Å². The third-order valence-electron chi connectivity index (χ3n) is 3.89. The summed E-state index contributed by atoms with van der Waals surface area (Å²) in [5.74, 6) is -2.73. The highest BCUT2D eigenvalue weighted by molar-refractivity contribution is 5.90. The number of nitrogen functional groups attached to an aromatic ring is 1. The molecule has 5 N–H and O–H groups in total. The highest BCUT2D eigenvalue weighted by Gasteiger charge is 2.17. The molecule has 1 heterocycles. The third kappa shape index (κ3) is 3.23. The maximum atomic E-state index is 14.2. The summed E-state index contributed by atoms with van der Waals surface area (Å²) in [5, 5.41) is 2.51. The van der Waals surface area contributed by atoms with Gasteiger partial charge in [-0.05, 0) is 31.2 Å². The minimum absolute atomic E-state index is 0.0557. The topological polar surface area (TPSA) is 94.3 Å². The van der Waals surface area contributed by atoms with E-state index in [0.29, 0.717) is 25.6 Å². The van der Waals surface area contributed by atoms with Crippen LogP contribution in [0.5, 0.6) is 0 Å². The molecule has 0 fully saturated rings. The molecule has 3 aromatic rings. The lowest BCUT2D eigenvalue weighted by Crippen LogP contribution is -2.09. The SMILES string of the molecule is NCCCNc1ccc(-c2cc(=O)c3c(N)c(F)cc(F)c3o2)cc1F. The lowest BCUT2D eigenvalue weighted by molar-refractivity contribution is 0.546. The number of fused-ring (bicyclic) bond motifs is 1. The fourth-order valence-corrected chi connectivity index (χ4v) is 2.57. The molecule has 0 saturated heterocycles. The van der Waals surface area contributed by atoms with Gasteiger partial charge in [-0.25, -0.2) is 13.2 Å². The molecule has 5 nitrogen and oxygen atoms in total. The Morgan fingerprint density at radius 3 is 2.50 bits per heavy atom. The zero-order valence-electron chi connectivity index (χ0n) is 13.6. The van der Waals surface area contributed by atoms with Crippen molar-refractivity contribution >= 4 is 22.3 Å². The van der Waals surface area contributed by atoms with Crippen molar-refractivity contribution in [3.8, 4) is 11.3 Å². The van der Waals surface area contributed by atoms with Gasteiger partial charge in [-0.2, -0.15) is 0 Å². The molecule has 3 rings (SSSR count). The first-order chi connectivity index (χ1) is 12.4. The molecule has 0 bridgehead atoms. The summed E-state index contributed by atoms with van der Waals surface area (Å²) in [5.41, 5.74) is 9.69. The van der Waals surface area contributed by atoms with Crippen molar-refractivity contribution in [1.29, 1.82) is 0 Å². The van der Waals surface area contributed by atoms with Crippen molar-refractivity contribution in [2.75, 3.05) is 24.1 Å². The van der Waals surface area contributed by atoms with Crippen LogP contribution in [0.25, 0.3) is 22.3 Å². The predicted molar refractivity (Wildman–Crippen MR) is 94.4 cm³/mol. The van der Waals surface area contributed by atoms with Crippen molar-refractivity contribution < 1.29 is 17.6 Å². The molecule has 0 spiro atoms. The first-order valence-corrected chi connectivity index (χ1v) is 7.87. The minimum atomic E-state index is -1.06. The van der Waals surface area contributed by atoms with Gasteiger partial charge in [-0.1, -0.05) is 0 Å². The second kappa shape index (κ2) is 7.09. The molecule has 0 unspecified atom stereocenters. The van der Waals surface area contributed by atoms with E-state index in [2.05, 4.69) is 5.32 Å². The van der Waals surface area contributed by atoms with Crippen LogP contribution in [-0.4, -0.2) is 13.1 Å². The van der Waals surface area contributed by atoms with Gasteiger partial charge < -0.3 is 21.2 Å². The molecule has 26 heavy (non-hydrogen) atoms.